The second kappa shape index (κ2) is 5.66. The first-order valence-electron chi connectivity index (χ1n) is 9.29. The zero-order chi connectivity index (χ0) is 16.0. The molecule has 126 valence electrons. The van der Waals surface area contributed by atoms with E-state index in [1.165, 1.54) is 38.5 Å². The maximum atomic E-state index is 4.36. The lowest BCUT2D eigenvalue weighted by atomic mass is 9.53. The predicted molar refractivity (Wildman–Crippen MR) is 91.1 cm³/mol. The van der Waals surface area contributed by atoms with E-state index in [0.717, 1.165) is 42.1 Å². The van der Waals surface area contributed by atoms with E-state index in [1.54, 1.807) is 6.20 Å². The van der Waals surface area contributed by atoms with Crippen LogP contribution in [0.3, 0.4) is 0 Å². The molecule has 5 heteroatoms. The molecule has 0 saturated heterocycles. The highest BCUT2D eigenvalue weighted by Crippen LogP contribution is 2.55. The van der Waals surface area contributed by atoms with Crippen LogP contribution in [0.25, 0.3) is 0 Å². The largest absolute Gasteiger partial charge is 0.305 e. The molecule has 4 aliphatic carbocycles. The molecule has 4 saturated carbocycles. The normalized spacial score (nSPS) is 33.9. The van der Waals surface area contributed by atoms with Crippen molar-refractivity contribution in [2.45, 2.75) is 57.2 Å². The lowest BCUT2D eigenvalue weighted by molar-refractivity contribution is -0.0207. The summed E-state index contributed by atoms with van der Waals surface area (Å²) in [4.78, 5) is 4.16. The molecule has 4 fully saturated rings. The van der Waals surface area contributed by atoms with Crippen LogP contribution in [-0.2, 0) is 13.1 Å². The second-order valence-electron chi connectivity index (χ2n) is 8.32. The van der Waals surface area contributed by atoms with Gasteiger partial charge in [0.2, 0.25) is 0 Å². The summed E-state index contributed by atoms with van der Waals surface area (Å²) in [6, 6.07) is 4.03. The SMILES string of the molecule is c1cncc(Cn2cc(CNC34CC5CC(CC(C5)C3)C4)nn2)c1. The zero-order valence-corrected chi connectivity index (χ0v) is 14.1. The molecule has 24 heavy (non-hydrogen) atoms. The molecule has 5 nitrogen and oxygen atoms in total. The van der Waals surface area contributed by atoms with Crippen LogP contribution < -0.4 is 5.32 Å². The van der Waals surface area contributed by atoms with Gasteiger partial charge in [-0.25, -0.2) is 4.68 Å². The van der Waals surface area contributed by atoms with Crippen LogP contribution in [-0.4, -0.2) is 25.5 Å². The van der Waals surface area contributed by atoms with Gasteiger partial charge >= 0.3 is 0 Å². The Hall–Kier alpha value is -1.75. The summed E-state index contributed by atoms with van der Waals surface area (Å²) >= 11 is 0. The fraction of sp³-hybridized carbons (Fsp3) is 0.632. The number of nitrogens with zero attached hydrogens (tertiary/aromatic N) is 4. The van der Waals surface area contributed by atoms with Gasteiger partial charge in [0.05, 0.1) is 18.4 Å². The van der Waals surface area contributed by atoms with Crippen molar-refractivity contribution in [3.8, 4) is 0 Å². The first-order valence-corrected chi connectivity index (χ1v) is 9.29. The van der Waals surface area contributed by atoms with Crippen molar-refractivity contribution in [3.63, 3.8) is 0 Å². The van der Waals surface area contributed by atoms with Crippen LogP contribution in [0.15, 0.2) is 30.7 Å². The summed E-state index contributed by atoms with van der Waals surface area (Å²) in [5, 5.41) is 12.5. The van der Waals surface area contributed by atoms with Gasteiger partial charge in [0, 0.05) is 24.5 Å². The molecule has 0 aliphatic heterocycles. The van der Waals surface area contributed by atoms with Crippen molar-refractivity contribution in [1.82, 2.24) is 25.3 Å². The number of hydrogen-bond acceptors (Lipinski definition) is 4. The monoisotopic (exact) mass is 323 g/mol. The van der Waals surface area contributed by atoms with Crippen LogP contribution in [0, 0.1) is 17.8 Å². The Bertz CT molecular complexity index is 672. The van der Waals surface area contributed by atoms with Crippen LogP contribution in [0.4, 0.5) is 0 Å². The van der Waals surface area contributed by atoms with Crippen LogP contribution in [0.2, 0.25) is 0 Å². The van der Waals surface area contributed by atoms with Gasteiger partial charge in [0.25, 0.3) is 0 Å². The molecule has 2 aromatic rings. The molecule has 0 radical (unpaired) electrons. The molecule has 4 aliphatic rings. The molecule has 6 rings (SSSR count). The van der Waals surface area contributed by atoms with E-state index in [0.29, 0.717) is 5.54 Å². The van der Waals surface area contributed by atoms with Gasteiger partial charge in [-0.1, -0.05) is 11.3 Å². The highest BCUT2D eigenvalue weighted by molar-refractivity contribution is 5.10. The number of nitrogens with one attached hydrogen (secondary N) is 1. The Morgan fingerprint density at radius 2 is 1.88 bits per heavy atom. The topological polar surface area (TPSA) is 55.6 Å². The molecule has 0 unspecified atom stereocenters. The molecule has 0 amide bonds. The molecule has 0 aromatic carbocycles. The minimum absolute atomic E-state index is 0.391. The second-order valence-corrected chi connectivity index (χ2v) is 8.32. The van der Waals surface area contributed by atoms with E-state index < -0.39 is 0 Å². The average molecular weight is 323 g/mol. The van der Waals surface area contributed by atoms with Crippen molar-refractivity contribution in [2.24, 2.45) is 17.8 Å². The van der Waals surface area contributed by atoms with E-state index in [1.807, 2.05) is 16.9 Å². The van der Waals surface area contributed by atoms with Crippen molar-refractivity contribution in [1.29, 1.82) is 0 Å². The van der Waals surface area contributed by atoms with Gasteiger partial charge in [-0.05, 0) is 67.9 Å². The standard InChI is InChI=1S/C19H25N5/c1-2-14(10-20-3-1)12-24-13-18(22-23-24)11-21-19-7-15-4-16(8-19)6-17(5-15)9-19/h1-3,10,13,15-17,21H,4-9,11-12H2. The number of pyridine rings is 1. The summed E-state index contributed by atoms with van der Waals surface area (Å²) in [5.41, 5.74) is 2.60. The minimum atomic E-state index is 0.391. The van der Waals surface area contributed by atoms with Crippen molar-refractivity contribution in [3.05, 3.63) is 42.0 Å². The van der Waals surface area contributed by atoms with Crippen molar-refractivity contribution >= 4 is 0 Å². The molecule has 0 spiro atoms. The molecule has 0 atom stereocenters. The van der Waals surface area contributed by atoms with E-state index in [4.69, 9.17) is 0 Å². The Morgan fingerprint density at radius 3 is 2.54 bits per heavy atom. The van der Waals surface area contributed by atoms with Gasteiger partial charge in [-0.2, -0.15) is 0 Å². The molecule has 4 bridgehead atoms. The maximum Gasteiger partial charge on any atom is 0.0965 e. The Kier molecular flexibility index (Phi) is 3.44. The summed E-state index contributed by atoms with van der Waals surface area (Å²) in [6.45, 7) is 1.58. The highest BCUT2D eigenvalue weighted by atomic mass is 15.4. The third-order valence-electron chi connectivity index (χ3n) is 6.34. The Morgan fingerprint density at radius 1 is 1.12 bits per heavy atom. The minimum Gasteiger partial charge on any atom is -0.305 e. The zero-order valence-electron chi connectivity index (χ0n) is 14.1. The lowest BCUT2D eigenvalue weighted by Gasteiger charge is -2.57. The first-order chi connectivity index (χ1) is 11.8. The lowest BCUT2D eigenvalue weighted by Crippen LogP contribution is -2.58. The smallest absolute Gasteiger partial charge is 0.0965 e. The average Bonchev–Trinajstić information content (AvgIpc) is 3.00. The Labute approximate surface area is 142 Å². The summed E-state index contributed by atoms with van der Waals surface area (Å²) < 4.78 is 1.91. The molecule has 2 aromatic heterocycles. The predicted octanol–water partition coefficient (Wildman–Crippen LogP) is 2.78. The summed E-state index contributed by atoms with van der Waals surface area (Å²) in [6.07, 6.45) is 14.3. The number of aromatic nitrogens is 4. The molecular weight excluding hydrogens is 298 g/mol. The van der Waals surface area contributed by atoms with Gasteiger partial charge in [0.1, 0.15) is 0 Å². The fourth-order valence-corrected chi connectivity index (χ4v) is 5.78. The Balaban J connectivity index is 1.23. The highest BCUT2D eigenvalue weighted by Gasteiger charge is 2.50. The molecular formula is C19H25N5. The van der Waals surface area contributed by atoms with Crippen molar-refractivity contribution in [2.75, 3.05) is 0 Å². The maximum absolute atomic E-state index is 4.36. The van der Waals surface area contributed by atoms with E-state index in [2.05, 4.69) is 32.9 Å². The number of hydrogen-bond donors (Lipinski definition) is 1. The summed E-state index contributed by atoms with van der Waals surface area (Å²) in [5.74, 6) is 2.93. The third kappa shape index (κ3) is 2.75. The third-order valence-corrected chi connectivity index (χ3v) is 6.34. The van der Waals surface area contributed by atoms with E-state index >= 15 is 0 Å². The first kappa shape index (κ1) is 14.6. The van der Waals surface area contributed by atoms with Crippen molar-refractivity contribution < 1.29 is 0 Å². The molecule has 1 N–H and O–H groups in total. The fourth-order valence-electron chi connectivity index (χ4n) is 5.78. The van der Waals surface area contributed by atoms with Crippen LogP contribution in [0.1, 0.15) is 49.8 Å². The van der Waals surface area contributed by atoms with Gasteiger partial charge in [0.15, 0.2) is 0 Å². The van der Waals surface area contributed by atoms with Gasteiger partial charge in [-0.3, -0.25) is 4.98 Å². The quantitative estimate of drug-likeness (QED) is 0.919. The van der Waals surface area contributed by atoms with Gasteiger partial charge in [-0.15, -0.1) is 5.10 Å². The van der Waals surface area contributed by atoms with E-state index in [-0.39, 0.29) is 0 Å². The van der Waals surface area contributed by atoms with Crippen LogP contribution in [0.5, 0.6) is 0 Å². The summed E-state index contributed by atoms with van der Waals surface area (Å²) in [7, 11) is 0. The van der Waals surface area contributed by atoms with Crippen LogP contribution >= 0.6 is 0 Å². The molecule has 2 heterocycles. The number of rotatable bonds is 5. The van der Waals surface area contributed by atoms with E-state index in [9.17, 15) is 0 Å². The van der Waals surface area contributed by atoms with Gasteiger partial charge < -0.3 is 5.32 Å².